The van der Waals surface area contributed by atoms with Crippen LogP contribution in [0.15, 0.2) is 17.9 Å². The lowest BCUT2D eigenvalue weighted by Gasteiger charge is -2.31. The predicted molar refractivity (Wildman–Crippen MR) is 110 cm³/mol. The van der Waals surface area contributed by atoms with Crippen molar-refractivity contribution in [3.05, 3.63) is 40.1 Å². The van der Waals surface area contributed by atoms with Crippen LogP contribution >= 0.6 is 0 Å². The SMILES string of the molecule is C#CCOC(=O)OC1=C(c2c(C)cc(C)cc2C)C(=O)[C@H]2[C@@H]1[C@@H]1CC[C@@]2(COC)O1. The predicted octanol–water partition coefficient (Wildman–Crippen LogP) is 3.50. The minimum Gasteiger partial charge on any atom is -0.421 e. The summed E-state index contributed by atoms with van der Waals surface area (Å²) in [4.78, 5) is 26.1. The van der Waals surface area contributed by atoms with Gasteiger partial charge in [0.2, 0.25) is 0 Å². The summed E-state index contributed by atoms with van der Waals surface area (Å²) in [5.74, 6) is 1.74. The topological polar surface area (TPSA) is 71.1 Å². The maximum absolute atomic E-state index is 13.8. The van der Waals surface area contributed by atoms with E-state index in [9.17, 15) is 9.59 Å². The molecule has 6 nitrogen and oxygen atoms in total. The highest BCUT2D eigenvalue weighted by Gasteiger charge is 2.67. The van der Waals surface area contributed by atoms with Crippen LogP contribution in [0.25, 0.3) is 5.57 Å². The van der Waals surface area contributed by atoms with E-state index in [1.54, 1.807) is 7.11 Å². The van der Waals surface area contributed by atoms with Crippen molar-refractivity contribution in [2.45, 2.75) is 45.3 Å². The van der Waals surface area contributed by atoms with Crippen molar-refractivity contribution in [2.75, 3.05) is 20.3 Å². The van der Waals surface area contributed by atoms with Gasteiger partial charge in [-0.3, -0.25) is 4.79 Å². The first kappa shape index (κ1) is 20.6. The van der Waals surface area contributed by atoms with Gasteiger partial charge in [-0.1, -0.05) is 23.6 Å². The fourth-order valence-corrected chi connectivity index (χ4v) is 5.60. The van der Waals surface area contributed by atoms with Crippen molar-refractivity contribution < 1.29 is 28.5 Å². The van der Waals surface area contributed by atoms with Crippen molar-refractivity contribution in [3.8, 4) is 12.3 Å². The van der Waals surface area contributed by atoms with E-state index in [0.717, 1.165) is 35.1 Å². The first-order chi connectivity index (χ1) is 14.3. The number of carbonyl (C=O) groups is 2. The average molecular weight is 410 g/mol. The van der Waals surface area contributed by atoms with Crippen LogP contribution in [0.5, 0.6) is 0 Å². The van der Waals surface area contributed by atoms with Crippen LogP contribution in [0.3, 0.4) is 0 Å². The highest BCUT2D eigenvalue weighted by atomic mass is 16.7. The number of fused-ring (bicyclic) bond motifs is 5. The van der Waals surface area contributed by atoms with E-state index in [0.29, 0.717) is 17.9 Å². The van der Waals surface area contributed by atoms with E-state index in [2.05, 4.69) is 5.92 Å². The molecule has 2 heterocycles. The van der Waals surface area contributed by atoms with Crippen LogP contribution in [0, 0.1) is 45.0 Å². The minimum atomic E-state index is -0.903. The van der Waals surface area contributed by atoms with Crippen molar-refractivity contribution in [3.63, 3.8) is 0 Å². The highest BCUT2D eigenvalue weighted by molar-refractivity contribution is 6.26. The van der Waals surface area contributed by atoms with Gasteiger partial charge < -0.3 is 18.9 Å². The lowest BCUT2D eigenvalue weighted by Crippen LogP contribution is -2.44. The Labute approximate surface area is 176 Å². The Bertz CT molecular complexity index is 961. The number of Topliss-reactive ketones (excluding diaryl/α,β-unsaturated/α-hetero) is 1. The van der Waals surface area contributed by atoms with Gasteiger partial charge in [0.05, 0.1) is 30.1 Å². The van der Waals surface area contributed by atoms with Gasteiger partial charge in [0, 0.05) is 7.11 Å². The van der Waals surface area contributed by atoms with Gasteiger partial charge >= 0.3 is 6.16 Å². The first-order valence-electron chi connectivity index (χ1n) is 10.1. The molecule has 0 unspecified atom stereocenters. The van der Waals surface area contributed by atoms with E-state index in [4.69, 9.17) is 25.4 Å². The van der Waals surface area contributed by atoms with Gasteiger partial charge in [0.25, 0.3) is 0 Å². The van der Waals surface area contributed by atoms with Crippen LogP contribution in [0.2, 0.25) is 0 Å². The number of terminal acetylenes is 1. The molecule has 2 aliphatic heterocycles. The molecule has 3 aliphatic rings. The largest absolute Gasteiger partial charge is 0.514 e. The molecule has 4 atom stereocenters. The molecule has 0 N–H and O–H groups in total. The molecule has 1 aliphatic carbocycles. The quantitative estimate of drug-likeness (QED) is 0.547. The number of ether oxygens (including phenoxy) is 4. The second kappa shape index (κ2) is 7.57. The zero-order valence-electron chi connectivity index (χ0n) is 17.7. The molecule has 158 valence electrons. The van der Waals surface area contributed by atoms with Gasteiger partial charge in [-0.15, -0.1) is 6.42 Å². The lowest BCUT2D eigenvalue weighted by atomic mass is 9.72. The van der Waals surface area contributed by atoms with Gasteiger partial charge in [0.15, 0.2) is 12.4 Å². The van der Waals surface area contributed by atoms with E-state index >= 15 is 0 Å². The zero-order valence-corrected chi connectivity index (χ0v) is 17.7. The summed E-state index contributed by atoms with van der Waals surface area (Å²) in [6, 6.07) is 4.06. The van der Waals surface area contributed by atoms with Crippen LogP contribution < -0.4 is 0 Å². The number of methoxy groups -OCH3 is 1. The Morgan fingerprint density at radius 2 is 2.00 bits per heavy atom. The number of aryl methyl sites for hydroxylation is 3. The zero-order chi connectivity index (χ0) is 21.6. The third kappa shape index (κ3) is 3.05. The summed E-state index contributed by atoms with van der Waals surface area (Å²) in [6.45, 7) is 6.08. The van der Waals surface area contributed by atoms with Crippen molar-refractivity contribution >= 4 is 17.5 Å². The molecule has 2 bridgehead atoms. The molecule has 0 radical (unpaired) electrons. The number of carbonyl (C=O) groups excluding carboxylic acids is 2. The summed E-state index contributed by atoms with van der Waals surface area (Å²) >= 11 is 0. The Hall–Kier alpha value is -2.62. The molecule has 4 rings (SSSR count). The van der Waals surface area contributed by atoms with E-state index in [1.807, 2.05) is 32.9 Å². The summed E-state index contributed by atoms with van der Waals surface area (Å²) in [7, 11) is 1.61. The number of hydrogen-bond acceptors (Lipinski definition) is 6. The van der Waals surface area contributed by atoms with Gasteiger partial charge in [0.1, 0.15) is 11.4 Å². The fraction of sp³-hybridized carbons (Fsp3) is 0.500. The molecule has 1 aromatic rings. The normalized spacial score (nSPS) is 29.2. The summed E-state index contributed by atoms with van der Waals surface area (Å²) < 4.78 is 22.3. The second-order valence-corrected chi connectivity index (χ2v) is 8.42. The Morgan fingerprint density at radius 3 is 2.63 bits per heavy atom. The number of allylic oxidation sites excluding steroid dienone is 1. The molecule has 2 fully saturated rings. The van der Waals surface area contributed by atoms with Crippen LogP contribution in [0.4, 0.5) is 4.79 Å². The molecule has 0 amide bonds. The lowest BCUT2D eigenvalue weighted by molar-refractivity contribution is -0.126. The Morgan fingerprint density at radius 1 is 1.30 bits per heavy atom. The van der Waals surface area contributed by atoms with Crippen molar-refractivity contribution in [2.24, 2.45) is 11.8 Å². The first-order valence-corrected chi connectivity index (χ1v) is 10.1. The maximum atomic E-state index is 13.8. The van der Waals surface area contributed by atoms with E-state index in [1.165, 1.54) is 0 Å². The average Bonchev–Trinajstić information content (AvgIpc) is 3.31. The third-order valence-electron chi connectivity index (χ3n) is 6.42. The number of ketones is 1. The van der Waals surface area contributed by atoms with Gasteiger partial charge in [-0.2, -0.15) is 0 Å². The molecule has 1 aromatic carbocycles. The summed E-state index contributed by atoms with van der Waals surface area (Å²) in [5, 5.41) is 0. The minimum absolute atomic E-state index is 0.0611. The van der Waals surface area contributed by atoms with Gasteiger partial charge in [-0.05, 0) is 50.3 Å². The van der Waals surface area contributed by atoms with E-state index < -0.39 is 17.7 Å². The summed E-state index contributed by atoms with van der Waals surface area (Å²) in [6.07, 6.45) is 5.60. The second-order valence-electron chi connectivity index (χ2n) is 8.42. The summed E-state index contributed by atoms with van der Waals surface area (Å²) in [5.41, 5.74) is 3.60. The van der Waals surface area contributed by atoms with Crippen LogP contribution in [0.1, 0.15) is 35.1 Å². The molecule has 30 heavy (non-hydrogen) atoms. The Kier molecular flexibility index (Phi) is 5.21. The highest BCUT2D eigenvalue weighted by Crippen LogP contribution is 2.60. The monoisotopic (exact) mass is 410 g/mol. The standard InChI is InChI=1S/C24H26O6/c1-6-9-28-23(26)29-22-18-16-7-8-24(30-16,12-27-5)20(18)21(25)19(22)17-14(3)10-13(2)11-15(17)4/h1,10-11,16,18,20H,7-9,12H2,2-5H3/t16-,18-,20+,24-/m0/s1. The number of benzene rings is 1. The Balaban J connectivity index is 1.84. The van der Waals surface area contributed by atoms with Crippen LogP contribution in [-0.2, 0) is 23.7 Å². The van der Waals surface area contributed by atoms with Crippen molar-refractivity contribution in [1.82, 2.24) is 0 Å². The fourth-order valence-electron chi connectivity index (χ4n) is 5.60. The number of hydrogen-bond donors (Lipinski definition) is 0. The molecule has 6 heteroatoms. The molecule has 2 saturated heterocycles. The maximum Gasteiger partial charge on any atom is 0.514 e. The molecular formula is C24H26O6. The number of rotatable bonds is 5. The molecule has 0 spiro atoms. The molecule has 0 saturated carbocycles. The smallest absolute Gasteiger partial charge is 0.421 e. The molecular weight excluding hydrogens is 384 g/mol. The van der Waals surface area contributed by atoms with Crippen molar-refractivity contribution in [1.29, 1.82) is 0 Å². The molecule has 0 aromatic heterocycles. The van der Waals surface area contributed by atoms with E-state index in [-0.39, 0.29) is 24.4 Å². The van der Waals surface area contributed by atoms with Crippen LogP contribution in [-0.4, -0.2) is 44.0 Å². The van der Waals surface area contributed by atoms with Gasteiger partial charge in [-0.25, -0.2) is 4.79 Å². The third-order valence-corrected chi connectivity index (χ3v) is 6.42.